The molecule has 0 bridgehead atoms. The second kappa shape index (κ2) is 9.32. The Hall–Kier alpha value is -2.52. The highest BCUT2D eigenvalue weighted by molar-refractivity contribution is 7.89. The van der Waals surface area contributed by atoms with E-state index in [1.165, 1.54) is 22.5 Å². The highest BCUT2D eigenvalue weighted by atomic mass is 32.2. The molecule has 1 amide bonds. The molecule has 0 aliphatic carbocycles. The predicted octanol–water partition coefficient (Wildman–Crippen LogP) is 3.64. The lowest BCUT2D eigenvalue weighted by atomic mass is 10.1. The summed E-state index contributed by atoms with van der Waals surface area (Å²) in [5, 5.41) is 2.63. The van der Waals surface area contributed by atoms with Crippen LogP contribution in [-0.4, -0.2) is 38.3 Å². The number of aryl methyl sites for hydroxylation is 1. The Labute approximate surface area is 168 Å². The Morgan fingerprint density at radius 2 is 1.79 bits per heavy atom. The van der Waals surface area contributed by atoms with E-state index in [-0.39, 0.29) is 23.0 Å². The number of amides is 1. The summed E-state index contributed by atoms with van der Waals surface area (Å²) < 4.78 is 55.3. The molecule has 9 heteroatoms. The number of hydrogen-bond acceptors (Lipinski definition) is 4. The van der Waals surface area contributed by atoms with Crippen LogP contribution in [0.4, 0.5) is 14.5 Å². The van der Waals surface area contributed by atoms with Crippen LogP contribution in [0.1, 0.15) is 24.8 Å². The smallest absolute Gasteiger partial charge is 0.387 e. The van der Waals surface area contributed by atoms with Crippen molar-refractivity contribution in [2.24, 2.45) is 0 Å². The third-order valence-electron chi connectivity index (χ3n) is 4.61. The number of alkyl halides is 2. The number of rotatable bonds is 8. The van der Waals surface area contributed by atoms with E-state index in [4.69, 9.17) is 0 Å². The summed E-state index contributed by atoms with van der Waals surface area (Å²) >= 11 is 0. The normalized spacial score (nSPS) is 14.9. The van der Waals surface area contributed by atoms with Gasteiger partial charge in [-0.1, -0.05) is 18.2 Å². The molecule has 1 N–H and O–H groups in total. The molecule has 0 unspecified atom stereocenters. The Kier molecular flexibility index (Phi) is 6.81. The molecular weight excluding hydrogens is 402 g/mol. The number of hydrogen-bond donors (Lipinski definition) is 1. The van der Waals surface area contributed by atoms with Gasteiger partial charge in [-0.2, -0.15) is 13.1 Å². The number of ether oxygens (including phenoxy) is 1. The van der Waals surface area contributed by atoms with Gasteiger partial charge in [-0.3, -0.25) is 4.79 Å². The molecule has 1 heterocycles. The van der Waals surface area contributed by atoms with Crippen molar-refractivity contribution in [3.05, 3.63) is 54.1 Å². The molecule has 156 valence electrons. The second-order valence-electron chi connectivity index (χ2n) is 6.71. The third kappa shape index (κ3) is 5.74. The number of benzene rings is 2. The van der Waals surface area contributed by atoms with Gasteiger partial charge in [0.1, 0.15) is 5.75 Å². The molecule has 0 atom stereocenters. The SMILES string of the molecule is O=C(CCc1ccc(S(=O)(=O)N2CCCC2)cc1)Nc1cccc(OC(F)F)c1. The molecule has 0 aromatic heterocycles. The van der Waals surface area contributed by atoms with Crippen LogP contribution in [0.3, 0.4) is 0 Å². The summed E-state index contributed by atoms with van der Waals surface area (Å²) in [6.07, 6.45) is 2.34. The lowest BCUT2D eigenvalue weighted by molar-refractivity contribution is -0.116. The minimum atomic E-state index is -3.45. The van der Waals surface area contributed by atoms with Crippen molar-refractivity contribution in [1.82, 2.24) is 4.31 Å². The summed E-state index contributed by atoms with van der Waals surface area (Å²) in [6, 6.07) is 12.3. The zero-order valence-corrected chi connectivity index (χ0v) is 16.5. The van der Waals surface area contributed by atoms with Crippen LogP contribution in [-0.2, 0) is 21.2 Å². The van der Waals surface area contributed by atoms with Crippen molar-refractivity contribution >= 4 is 21.6 Å². The van der Waals surface area contributed by atoms with Crippen molar-refractivity contribution in [3.8, 4) is 5.75 Å². The molecule has 0 spiro atoms. The van der Waals surface area contributed by atoms with E-state index in [1.807, 2.05) is 0 Å². The summed E-state index contributed by atoms with van der Waals surface area (Å²) in [4.78, 5) is 12.4. The predicted molar refractivity (Wildman–Crippen MR) is 104 cm³/mol. The molecule has 0 saturated carbocycles. The van der Waals surface area contributed by atoms with Crippen molar-refractivity contribution in [1.29, 1.82) is 0 Å². The first-order valence-corrected chi connectivity index (χ1v) is 10.7. The number of nitrogens with zero attached hydrogens (tertiary/aromatic N) is 1. The number of halogens is 2. The fourth-order valence-corrected chi connectivity index (χ4v) is 4.65. The maximum atomic E-state index is 12.5. The lowest BCUT2D eigenvalue weighted by Gasteiger charge is -2.15. The molecule has 1 saturated heterocycles. The van der Waals surface area contributed by atoms with Gasteiger partial charge in [0.05, 0.1) is 4.90 Å². The summed E-state index contributed by atoms with van der Waals surface area (Å²) in [6.45, 7) is -1.83. The van der Waals surface area contributed by atoms with Crippen LogP contribution in [0.5, 0.6) is 5.75 Å². The molecule has 1 aliphatic rings. The molecular formula is C20H22F2N2O4S. The van der Waals surface area contributed by atoms with E-state index < -0.39 is 16.6 Å². The summed E-state index contributed by atoms with van der Waals surface area (Å²) in [5.41, 5.74) is 1.19. The second-order valence-corrected chi connectivity index (χ2v) is 8.65. The monoisotopic (exact) mass is 424 g/mol. The number of sulfonamides is 1. The number of nitrogens with one attached hydrogen (secondary N) is 1. The highest BCUT2D eigenvalue weighted by Gasteiger charge is 2.26. The Morgan fingerprint density at radius 3 is 2.45 bits per heavy atom. The Balaban J connectivity index is 1.54. The van der Waals surface area contributed by atoms with Crippen molar-refractivity contribution in [3.63, 3.8) is 0 Å². The van der Waals surface area contributed by atoms with E-state index in [9.17, 15) is 22.0 Å². The van der Waals surface area contributed by atoms with Gasteiger partial charge < -0.3 is 10.1 Å². The van der Waals surface area contributed by atoms with Gasteiger partial charge in [0, 0.05) is 31.3 Å². The Bertz CT molecular complexity index is 943. The minimum Gasteiger partial charge on any atom is -0.435 e. The standard InChI is InChI=1S/C20H22F2N2O4S/c21-20(22)28-17-5-3-4-16(14-17)23-19(25)11-8-15-6-9-18(10-7-15)29(26,27)24-12-1-2-13-24/h3-7,9-10,14,20H,1-2,8,11-13H2,(H,23,25). The summed E-state index contributed by atoms with van der Waals surface area (Å²) in [5.74, 6) is -0.319. The largest absolute Gasteiger partial charge is 0.435 e. The van der Waals surface area contributed by atoms with Gasteiger partial charge in [-0.05, 0) is 49.1 Å². The van der Waals surface area contributed by atoms with Gasteiger partial charge in [-0.25, -0.2) is 8.42 Å². The number of carbonyl (C=O) groups is 1. The van der Waals surface area contributed by atoms with Gasteiger partial charge >= 0.3 is 6.61 Å². The van der Waals surface area contributed by atoms with Gasteiger partial charge in [0.15, 0.2) is 0 Å². The van der Waals surface area contributed by atoms with Gasteiger partial charge in [-0.15, -0.1) is 0 Å². The first kappa shape index (κ1) is 21.2. The van der Waals surface area contributed by atoms with Crippen LogP contribution < -0.4 is 10.1 Å². The fraction of sp³-hybridized carbons (Fsp3) is 0.350. The van der Waals surface area contributed by atoms with Crippen molar-refractivity contribution in [2.45, 2.75) is 37.2 Å². The molecule has 2 aromatic rings. The van der Waals surface area contributed by atoms with Crippen LogP contribution in [0.25, 0.3) is 0 Å². The topological polar surface area (TPSA) is 75.7 Å². The molecule has 29 heavy (non-hydrogen) atoms. The first-order valence-electron chi connectivity index (χ1n) is 9.28. The third-order valence-corrected chi connectivity index (χ3v) is 6.52. The number of carbonyl (C=O) groups excluding carboxylic acids is 1. The molecule has 6 nitrogen and oxygen atoms in total. The summed E-state index contributed by atoms with van der Waals surface area (Å²) in [7, 11) is -3.45. The van der Waals surface area contributed by atoms with Crippen LogP contribution in [0.15, 0.2) is 53.4 Å². The van der Waals surface area contributed by atoms with E-state index in [1.54, 1.807) is 30.3 Å². The van der Waals surface area contributed by atoms with E-state index in [2.05, 4.69) is 10.1 Å². The first-order chi connectivity index (χ1) is 13.8. The van der Waals surface area contributed by atoms with E-state index in [0.29, 0.717) is 25.2 Å². The van der Waals surface area contributed by atoms with Crippen LogP contribution in [0, 0.1) is 0 Å². The molecule has 1 aliphatic heterocycles. The maximum Gasteiger partial charge on any atom is 0.387 e. The molecule has 0 radical (unpaired) electrons. The van der Waals surface area contributed by atoms with E-state index >= 15 is 0 Å². The van der Waals surface area contributed by atoms with Gasteiger partial charge in [0.25, 0.3) is 0 Å². The Morgan fingerprint density at radius 1 is 1.10 bits per heavy atom. The maximum absolute atomic E-state index is 12.5. The average Bonchev–Trinajstić information content (AvgIpc) is 3.22. The number of anilines is 1. The minimum absolute atomic E-state index is 0.0346. The zero-order chi connectivity index (χ0) is 20.9. The van der Waals surface area contributed by atoms with Crippen LogP contribution >= 0.6 is 0 Å². The average molecular weight is 424 g/mol. The zero-order valence-electron chi connectivity index (χ0n) is 15.7. The van der Waals surface area contributed by atoms with Crippen LogP contribution in [0.2, 0.25) is 0 Å². The fourth-order valence-electron chi connectivity index (χ4n) is 3.14. The molecule has 1 fully saturated rings. The quantitative estimate of drug-likeness (QED) is 0.702. The van der Waals surface area contributed by atoms with Crippen molar-refractivity contribution in [2.75, 3.05) is 18.4 Å². The molecule has 3 rings (SSSR count). The highest BCUT2D eigenvalue weighted by Crippen LogP contribution is 2.22. The van der Waals surface area contributed by atoms with E-state index in [0.717, 1.165) is 18.4 Å². The van der Waals surface area contributed by atoms with Gasteiger partial charge in [0.2, 0.25) is 15.9 Å². The lowest BCUT2D eigenvalue weighted by Crippen LogP contribution is -2.27. The van der Waals surface area contributed by atoms with Crippen molar-refractivity contribution < 1.29 is 26.7 Å². The molecule has 2 aromatic carbocycles.